The summed E-state index contributed by atoms with van der Waals surface area (Å²) in [6.07, 6.45) is 4.00. The maximum absolute atomic E-state index is 10.7. The highest BCUT2D eigenvalue weighted by molar-refractivity contribution is 5.87. The van der Waals surface area contributed by atoms with Gasteiger partial charge in [-0.15, -0.1) is 0 Å². The largest absolute Gasteiger partial charge is 0.390 e. The van der Waals surface area contributed by atoms with Crippen LogP contribution in [0.5, 0.6) is 0 Å². The lowest BCUT2D eigenvalue weighted by atomic mass is 9.78. The van der Waals surface area contributed by atoms with Gasteiger partial charge in [-0.2, -0.15) is 0 Å². The summed E-state index contributed by atoms with van der Waals surface area (Å²) in [5, 5.41) is 28.8. The molecule has 4 atom stereocenters. The summed E-state index contributed by atoms with van der Waals surface area (Å²) < 4.78 is 2.00. The van der Waals surface area contributed by atoms with Crippen molar-refractivity contribution in [2.75, 3.05) is 38.5 Å². The van der Waals surface area contributed by atoms with Gasteiger partial charge in [-0.05, 0) is 18.9 Å². The Kier molecular flexibility index (Phi) is 3.72. The number of aliphatic hydroxyl groups is 2. The van der Waals surface area contributed by atoms with E-state index in [2.05, 4.69) is 25.5 Å². The molecule has 2 saturated heterocycles. The van der Waals surface area contributed by atoms with Crippen LogP contribution in [0.1, 0.15) is 18.9 Å². The summed E-state index contributed by atoms with van der Waals surface area (Å²) in [6.45, 7) is 4.05. The fourth-order valence-electron chi connectivity index (χ4n) is 4.96. The molecule has 140 valence electrons. The molecule has 0 unspecified atom stereocenters. The second kappa shape index (κ2) is 5.88. The third-order valence-corrected chi connectivity index (χ3v) is 6.76. The van der Waals surface area contributed by atoms with Crippen molar-refractivity contribution in [3.63, 3.8) is 0 Å². The van der Waals surface area contributed by atoms with E-state index in [0.29, 0.717) is 5.54 Å². The topological polar surface area (TPSA) is 98.5 Å². The summed E-state index contributed by atoms with van der Waals surface area (Å²) in [5.41, 5.74) is 1.11. The van der Waals surface area contributed by atoms with E-state index in [1.54, 1.807) is 0 Å². The van der Waals surface area contributed by atoms with Crippen molar-refractivity contribution in [3.8, 4) is 0 Å². The second-order valence-corrected chi connectivity index (χ2v) is 8.00. The minimum absolute atomic E-state index is 0.0795. The van der Waals surface area contributed by atoms with Gasteiger partial charge in [0.1, 0.15) is 23.9 Å². The average Bonchev–Trinajstić information content (AvgIpc) is 3.13. The average molecular weight is 358 g/mol. The Balaban J connectivity index is 1.38. The molecule has 1 saturated carbocycles. The lowest BCUT2D eigenvalue weighted by Gasteiger charge is -2.59. The van der Waals surface area contributed by atoms with Gasteiger partial charge in [-0.1, -0.05) is 0 Å². The van der Waals surface area contributed by atoms with E-state index >= 15 is 0 Å². The van der Waals surface area contributed by atoms with Gasteiger partial charge in [0.25, 0.3) is 0 Å². The van der Waals surface area contributed by atoms with Crippen molar-refractivity contribution in [1.29, 1.82) is 0 Å². The molecule has 2 aromatic heterocycles. The number of nitrogens with zero attached hydrogens (tertiary/aromatic N) is 4. The molecule has 0 bridgehead atoms. The van der Waals surface area contributed by atoms with E-state index in [1.807, 2.05) is 23.9 Å². The Morgan fingerprint density at radius 1 is 1.31 bits per heavy atom. The minimum atomic E-state index is -0.777. The predicted octanol–water partition coefficient (Wildman–Crippen LogP) is -0.196. The van der Waals surface area contributed by atoms with Crippen molar-refractivity contribution < 1.29 is 10.2 Å². The molecule has 8 heteroatoms. The molecule has 0 aromatic carbocycles. The van der Waals surface area contributed by atoms with Crippen LogP contribution in [0.4, 0.5) is 5.82 Å². The SMILES string of the molecule is CNc1ncnc2c1ccn2[C@@H]1C[C@H](CN2CCC23CNC3)[C@@H](O)[C@H]1O. The molecular weight excluding hydrogens is 332 g/mol. The van der Waals surface area contributed by atoms with Crippen molar-refractivity contribution in [3.05, 3.63) is 18.6 Å². The molecule has 8 nitrogen and oxygen atoms in total. The lowest BCUT2D eigenvalue weighted by Crippen LogP contribution is -2.76. The summed E-state index contributed by atoms with van der Waals surface area (Å²) in [5.74, 6) is 0.856. The van der Waals surface area contributed by atoms with Gasteiger partial charge in [0.15, 0.2) is 0 Å². The number of aliphatic hydroxyl groups excluding tert-OH is 2. The third-order valence-electron chi connectivity index (χ3n) is 6.76. The van der Waals surface area contributed by atoms with Gasteiger partial charge < -0.3 is 25.4 Å². The van der Waals surface area contributed by atoms with Crippen LogP contribution in [0.25, 0.3) is 11.0 Å². The molecular formula is C18H26N6O2. The number of hydrogen-bond donors (Lipinski definition) is 4. The van der Waals surface area contributed by atoms with Gasteiger partial charge in [0, 0.05) is 50.9 Å². The van der Waals surface area contributed by atoms with E-state index in [-0.39, 0.29) is 12.0 Å². The van der Waals surface area contributed by atoms with E-state index in [4.69, 9.17) is 0 Å². The summed E-state index contributed by atoms with van der Waals surface area (Å²) in [4.78, 5) is 11.1. The monoisotopic (exact) mass is 358 g/mol. The zero-order chi connectivity index (χ0) is 17.9. The van der Waals surface area contributed by atoms with E-state index in [1.165, 1.54) is 12.7 Å². The molecule has 4 N–H and O–H groups in total. The Labute approximate surface area is 152 Å². The van der Waals surface area contributed by atoms with Crippen LogP contribution < -0.4 is 10.6 Å². The zero-order valence-electron chi connectivity index (χ0n) is 15.0. The van der Waals surface area contributed by atoms with Gasteiger partial charge in [0.2, 0.25) is 0 Å². The number of anilines is 1. The molecule has 2 aromatic rings. The highest BCUT2D eigenvalue weighted by Crippen LogP contribution is 2.41. The highest BCUT2D eigenvalue weighted by atomic mass is 16.3. The van der Waals surface area contributed by atoms with Crippen LogP contribution in [0.15, 0.2) is 18.6 Å². The minimum Gasteiger partial charge on any atom is -0.390 e. The molecule has 2 aliphatic heterocycles. The molecule has 3 aliphatic rings. The number of likely N-dealkylation sites (tertiary alicyclic amines) is 1. The first-order valence-electron chi connectivity index (χ1n) is 9.44. The number of hydrogen-bond acceptors (Lipinski definition) is 7. The number of aromatic nitrogens is 3. The standard InChI is InChI=1S/C18H26N6O2/c1-19-16-12-2-4-24(17(12)22-10-21-16)13-6-11(14(25)15(13)26)7-23-5-3-18(23)8-20-9-18/h2,4,10-11,13-15,20,25-26H,3,5-9H2,1H3,(H,19,21,22)/t11-,13-,14-,15+/m1/s1. The van der Waals surface area contributed by atoms with E-state index in [9.17, 15) is 10.2 Å². The maximum Gasteiger partial charge on any atom is 0.145 e. The highest BCUT2D eigenvalue weighted by Gasteiger charge is 2.52. The van der Waals surface area contributed by atoms with E-state index in [0.717, 1.165) is 49.5 Å². The fraction of sp³-hybridized carbons (Fsp3) is 0.667. The molecule has 1 spiro atoms. The third kappa shape index (κ3) is 2.22. The normalized spacial score (nSPS) is 33.3. The van der Waals surface area contributed by atoms with E-state index < -0.39 is 12.2 Å². The smallest absolute Gasteiger partial charge is 0.145 e. The van der Waals surface area contributed by atoms with Gasteiger partial charge in [0.05, 0.1) is 17.5 Å². The number of fused-ring (bicyclic) bond motifs is 1. The van der Waals surface area contributed by atoms with Crippen LogP contribution in [-0.2, 0) is 0 Å². The van der Waals surface area contributed by atoms with Crippen LogP contribution in [0, 0.1) is 5.92 Å². The summed E-state index contributed by atoms with van der Waals surface area (Å²) >= 11 is 0. The van der Waals surface area contributed by atoms with Crippen LogP contribution >= 0.6 is 0 Å². The first kappa shape index (κ1) is 16.4. The Morgan fingerprint density at radius 3 is 2.81 bits per heavy atom. The Hall–Kier alpha value is -1.74. The van der Waals surface area contributed by atoms with Crippen molar-refractivity contribution in [2.45, 2.75) is 36.6 Å². The number of nitrogens with one attached hydrogen (secondary N) is 2. The molecule has 1 aliphatic carbocycles. The number of rotatable bonds is 4. The molecule has 4 heterocycles. The summed E-state index contributed by atoms with van der Waals surface area (Å²) in [7, 11) is 1.83. The molecule has 5 rings (SSSR count). The molecule has 3 fully saturated rings. The Bertz CT molecular complexity index is 814. The van der Waals surface area contributed by atoms with Crippen LogP contribution in [-0.4, -0.2) is 80.6 Å². The Morgan fingerprint density at radius 2 is 2.15 bits per heavy atom. The fourth-order valence-corrected chi connectivity index (χ4v) is 4.96. The van der Waals surface area contributed by atoms with Gasteiger partial charge >= 0.3 is 0 Å². The van der Waals surface area contributed by atoms with Gasteiger partial charge in [-0.25, -0.2) is 9.97 Å². The molecule has 26 heavy (non-hydrogen) atoms. The first-order chi connectivity index (χ1) is 12.6. The van der Waals surface area contributed by atoms with Gasteiger partial charge in [-0.3, -0.25) is 4.90 Å². The zero-order valence-corrected chi connectivity index (χ0v) is 15.0. The lowest BCUT2D eigenvalue weighted by molar-refractivity contribution is -0.0770. The predicted molar refractivity (Wildman–Crippen MR) is 98.0 cm³/mol. The first-order valence-corrected chi connectivity index (χ1v) is 9.44. The molecule has 0 radical (unpaired) electrons. The van der Waals surface area contributed by atoms with Crippen molar-refractivity contribution in [2.24, 2.45) is 5.92 Å². The quantitative estimate of drug-likeness (QED) is 0.601. The summed E-state index contributed by atoms with van der Waals surface area (Å²) in [6, 6.07) is 1.81. The second-order valence-electron chi connectivity index (χ2n) is 8.00. The van der Waals surface area contributed by atoms with Crippen LogP contribution in [0.2, 0.25) is 0 Å². The van der Waals surface area contributed by atoms with Crippen LogP contribution in [0.3, 0.4) is 0 Å². The van der Waals surface area contributed by atoms with Crippen molar-refractivity contribution >= 4 is 16.9 Å². The van der Waals surface area contributed by atoms with Crippen molar-refractivity contribution in [1.82, 2.24) is 24.8 Å². The molecule has 0 amide bonds. The maximum atomic E-state index is 10.7.